The second-order valence-corrected chi connectivity index (χ2v) is 8.31. The molecule has 0 bridgehead atoms. The first-order valence-electron chi connectivity index (χ1n) is 8.48. The van der Waals surface area contributed by atoms with Crippen LogP contribution in [0.3, 0.4) is 0 Å². The zero-order valence-electron chi connectivity index (χ0n) is 14.7. The van der Waals surface area contributed by atoms with E-state index in [1.54, 1.807) is 0 Å². The Kier molecular flexibility index (Phi) is 2.82. The lowest BCUT2D eigenvalue weighted by molar-refractivity contribution is 0.589. The van der Waals surface area contributed by atoms with Gasteiger partial charge in [0.25, 0.3) is 0 Å². The van der Waals surface area contributed by atoms with Crippen LogP contribution in [0.5, 0.6) is 0 Å². The summed E-state index contributed by atoms with van der Waals surface area (Å²) in [5.74, 6) is 0. The predicted molar refractivity (Wildman–Crippen MR) is 100 cm³/mol. The van der Waals surface area contributed by atoms with Gasteiger partial charge in [0.1, 0.15) is 0 Å². The van der Waals surface area contributed by atoms with Crippen LogP contribution >= 0.6 is 0 Å². The first-order valence-corrected chi connectivity index (χ1v) is 8.48. The van der Waals surface area contributed by atoms with Gasteiger partial charge in [0, 0.05) is 5.41 Å². The average Bonchev–Trinajstić information content (AvgIpc) is 2.75. The van der Waals surface area contributed by atoms with Gasteiger partial charge in [0.05, 0.1) is 0 Å². The van der Waals surface area contributed by atoms with Gasteiger partial charge in [-0.05, 0) is 44.0 Å². The summed E-state index contributed by atoms with van der Waals surface area (Å²) in [4.78, 5) is 0. The maximum Gasteiger partial charge on any atom is 0.0159 e. The van der Waals surface area contributed by atoms with Gasteiger partial charge in [-0.1, -0.05) is 89.2 Å². The maximum atomic E-state index is 2.36. The molecule has 1 aliphatic carbocycles. The van der Waals surface area contributed by atoms with Gasteiger partial charge in [-0.25, -0.2) is 0 Å². The summed E-state index contributed by atoms with van der Waals surface area (Å²) in [6.07, 6.45) is 0. The van der Waals surface area contributed by atoms with Crippen LogP contribution < -0.4 is 0 Å². The predicted octanol–water partition coefficient (Wildman–Crippen LogP) is 6.44. The fourth-order valence-electron chi connectivity index (χ4n) is 4.17. The van der Waals surface area contributed by atoms with E-state index in [0.29, 0.717) is 0 Å². The average molecular weight is 300 g/mol. The summed E-state index contributed by atoms with van der Waals surface area (Å²) in [6.45, 7) is 11.7. The molecule has 0 radical (unpaired) electrons. The van der Waals surface area contributed by atoms with E-state index in [4.69, 9.17) is 0 Å². The van der Waals surface area contributed by atoms with E-state index >= 15 is 0 Å². The van der Waals surface area contributed by atoms with Gasteiger partial charge < -0.3 is 0 Å². The number of hydrogen-bond acceptors (Lipinski definition) is 0. The minimum atomic E-state index is 0.0654. The number of rotatable bonds is 0. The minimum absolute atomic E-state index is 0.0654. The topological polar surface area (TPSA) is 0 Å². The third kappa shape index (κ3) is 1.91. The molecule has 0 amide bonds. The molecule has 0 nitrogen and oxygen atoms in total. The lowest BCUT2D eigenvalue weighted by Gasteiger charge is -2.25. The zero-order valence-corrected chi connectivity index (χ0v) is 14.7. The summed E-state index contributed by atoms with van der Waals surface area (Å²) in [5, 5.41) is 2.71. The van der Waals surface area contributed by atoms with Gasteiger partial charge in [0.15, 0.2) is 0 Å². The quantitative estimate of drug-likeness (QED) is 0.448. The zero-order chi connectivity index (χ0) is 16.4. The lowest BCUT2D eigenvalue weighted by Crippen LogP contribution is -2.16. The van der Waals surface area contributed by atoms with Crippen LogP contribution in [0, 0.1) is 0 Å². The van der Waals surface area contributed by atoms with Crippen molar-refractivity contribution >= 4 is 10.8 Å². The van der Waals surface area contributed by atoms with Crippen molar-refractivity contribution in [3.05, 3.63) is 71.3 Å². The fourth-order valence-corrected chi connectivity index (χ4v) is 4.17. The highest BCUT2D eigenvalue weighted by Gasteiger charge is 2.38. The summed E-state index contributed by atoms with van der Waals surface area (Å²) in [6, 6.07) is 20.3. The van der Waals surface area contributed by atoms with Crippen molar-refractivity contribution in [2.75, 3.05) is 0 Å². The largest absolute Gasteiger partial charge is 0.0616 e. The van der Waals surface area contributed by atoms with Crippen molar-refractivity contribution < 1.29 is 0 Å². The summed E-state index contributed by atoms with van der Waals surface area (Å²) < 4.78 is 0. The molecule has 0 heteroatoms. The Bertz CT molecular complexity index is 920. The third-order valence-electron chi connectivity index (χ3n) is 5.40. The summed E-state index contributed by atoms with van der Waals surface area (Å²) >= 11 is 0. The standard InChI is InChI=1S/C23H24/c1-22(2,3)17-11-8-12-18-21(17)20-16-10-7-6-9-15(16)13-14-19(20)23(18,4)5/h6-14H,1-5H3. The monoisotopic (exact) mass is 300 g/mol. The van der Waals surface area contributed by atoms with Crippen LogP contribution in [0.15, 0.2) is 54.6 Å². The molecular formula is C23H24. The van der Waals surface area contributed by atoms with E-state index in [1.807, 2.05) is 0 Å². The maximum absolute atomic E-state index is 2.36. The molecule has 116 valence electrons. The van der Waals surface area contributed by atoms with Gasteiger partial charge in [-0.2, -0.15) is 0 Å². The van der Waals surface area contributed by atoms with Crippen LogP contribution in [0.4, 0.5) is 0 Å². The molecule has 0 saturated heterocycles. The number of benzene rings is 3. The molecule has 23 heavy (non-hydrogen) atoms. The van der Waals surface area contributed by atoms with E-state index < -0.39 is 0 Å². The second kappa shape index (κ2) is 4.47. The summed E-state index contributed by atoms with van der Waals surface area (Å²) in [7, 11) is 0. The van der Waals surface area contributed by atoms with Crippen molar-refractivity contribution in [2.45, 2.75) is 45.4 Å². The molecule has 0 fully saturated rings. The van der Waals surface area contributed by atoms with Crippen LogP contribution in [0.1, 0.15) is 51.3 Å². The first kappa shape index (κ1) is 14.5. The number of fused-ring (bicyclic) bond motifs is 5. The highest BCUT2D eigenvalue weighted by atomic mass is 14.4. The highest BCUT2D eigenvalue weighted by Crippen LogP contribution is 2.53. The Morgan fingerprint density at radius 3 is 2.13 bits per heavy atom. The van der Waals surface area contributed by atoms with Crippen LogP contribution in [-0.2, 0) is 10.8 Å². The van der Waals surface area contributed by atoms with Crippen molar-refractivity contribution in [1.29, 1.82) is 0 Å². The van der Waals surface area contributed by atoms with Gasteiger partial charge in [-0.3, -0.25) is 0 Å². The van der Waals surface area contributed by atoms with E-state index in [9.17, 15) is 0 Å². The molecule has 0 saturated carbocycles. The van der Waals surface area contributed by atoms with E-state index in [0.717, 1.165) is 0 Å². The van der Waals surface area contributed by atoms with Crippen LogP contribution in [-0.4, -0.2) is 0 Å². The fraction of sp³-hybridized carbons (Fsp3) is 0.304. The Morgan fingerprint density at radius 1 is 0.696 bits per heavy atom. The molecular weight excluding hydrogens is 276 g/mol. The minimum Gasteiger partial charge on any atom is -0.0616 e. The SMILES string of the molecule is CC(C)(C)c1cccc2c1-c1c(ccc3ccccc13)C2(C)C. The molecule has 0 spiro atoms. The number of hydrogen-bond donors (Lipinski definition) is 0. The second-order valence-electron chi connectivity index (χ2n) is 8.31. The Balaban J connectivity index is 2.22. The molecule has 3 aromatic rings. The molecule has 3 aromatic carbocycles. The molecule has 0 unspecified atom stereocenters. The van der Waals surface area contributed by atoms with Crippen molar-refractivity contribution in [1.82, 2.24) is 0 Å². The normalized spacial score (nSPS) is 15.5. The molecule has 0 N–H and O–H groups in total. The molecule has 0 heterocycles. The molecule has 0 atom stereocenters. The van der Waals surface area contributed by atoms with E-state index in [1.165, 1.54) is 38.6 Å². The van der Waals surface area contributed by atoms with Crippen LogP contribution in [0.2, 0.25) is 0 Å². The van der Waals surface area contributed by atoms with Gasteiger partial charge >= 0.3 is 0 Å². The molecule has 0 aromatic heterocycles. The van der Waals surface area contributed by atoms with E-state index in [-0.39, 0.29) is 10.8 Å². The van der Waals surface area contributed by atoms with E-state index in [2.05, 4.69) is 89.2 Å². The van der Waals surface area contributed by atoms with Gasteiger partial charge in [-0.15, -0.1) is 0 Å². The Morgan fingerprint density at radius 2 is 1.39 bits per heavy atom. The third-order valence-corrected chi connectivity index (χ3v) is 5.40. The molecule has 0 aliphatic heterocycles. The summed E-state index contributed by atoms with van der Waals surface area (Å²) in [5.41, 5.74) is 7.51. The smallest absolute Gasteiger partial charge is 0.0159 e. The Labute approximate surface area is 139 Å². The first-order chi connectivity index (χ1) is 10.8. The molecule has 1 aliphatic rings. The Hall–Kier alpha value is -2.08. The molecule has 4 rings (SSSR count). The van der Waals surface area contributed by atoms with Crippen molar-refractivity contribution in [3.63, 3.8) is 0 Å². The van der Waals surface area contributed by atoms with Crippen molar-refractivity contribution in [2.24, 2.45) is 0 Å². The lowest BCUT2D eigenvalue weighted by atomic mass is 9.79. The van der Waals surface area contributed by atoms with Crippen LogP contribution in [0.25, 0.3) is 21.9 Å². The van der Waals surface area contributed by atoms with Crippen molar-refractivity contribution in [3.8, 4) is 11.1 Å². The highest BCUT2D eigenvalue weighted by molar-refractivity contribution is 6.03. The van der Waals surface area contributed by atoms with Gasteiger partial charge in [0.2, 0.25) is 0 Å².